The Bertz CT molecular complexity index is 1270. The summed E-state index contributed by atoms with van der Waals surface area (Å²) in [4.78, 5) is 0. The third kappa shape index (κ3) is 9.38. The zero-order valence-electron chi connectivity index (χ0n) is 25.6. The predicted octanol–water partition coefficient (Wildman–Crippen LogP) is 11.5. The molecule has 0 spiro atoms. The fraction of sp³-hybridized carbons (Fsp3) is 0.436. The largest absolute Gasteiger partial charge is 0.494 e. The molecule has 4 rings (SSSR count). The van der Waals surface area contributed by atoms with E-state index < -0.39 is 0 Å². The number of benzene rings is 3. The predicted molar refractivity (Wildman–Crippen MR) is 178 cm³/mol. The van der Waals surface area contributed by atoms with Crippen molar-refractivity contribution in [2.45, 2.75) is 97.3 Å². The van der Waals surface area contributed by atoms with Gasteiger partial charge in [0.1, 0.15) is 11.5 Å². The van der Waals surface area contributed by atoms with Crippen molar-refractivity contribution in [3.63, 3.8) is 0 Å². The second-order valence-corrected chi connectivity index (χ2v) is 11.5. The first-order chi connectivity index (χ1) is 20.2. The van der Waals surface area contributed by atoms with E-state index in [-0.39, 0.29) is 0 Å². The second kappa shape index (κ2) is 16.9. The van der Waals surface area contributed by atoms with Crippen molar-refractivity contribution in [2.75, 3.05) is 13.2 Å². The molecule has 0 radical (unpaired) electrons. The van der Waals surface area contributed by atoms with E-state index in [1.54, 1.807) is 0 Å². The van der Waals surface area contributed by atoms with Crippen molar-refractivity contribution >= 4 is 18.2 Å². The van der Waals surface area contributed by atoms with E-state index in [0.717, 1.165) is 49.5 Å². The normalized spacial score (nSPS) is 12.0. The SMILES string of the molecule is C=Cc1ccc2c(c1)Cc1cc(/C=C/c3cc(OCCCCCCCC)ccc3OCCCCCCCC)ccc1-2. The lowest BCUT2D eigenvalue weighted by molar-refractivity contribution is 0.296. The highest BCUT2D eigenvalue weighted by Gasteiger charge is 2.18. The van der Waals surface area contributed by atoms with Gasteiger partial charge in [-0.1, -0.05) is 139 Å². The Balaban J connectivity index is 1.41. The molecule has 0 N–H and O–H groups in total. The summed E-state index contributed by atoms with van der Waals surface area (Å²) in [6.07, 6.45) is 22.5. The molecular formula is C39H50O2. The molecule has 0 bridgehead atoms. The minimum Gasteiger partial charge on any atom is -0.494 e. The first-order valence-corrected chi connectivity index (χ1v) is 16.2. The summed E-state index contributed by atoms with van der Waals surface area (Å²) in [6, 6.07) is 19.8. The average Bonchev–Trinajstić information content (AvgIpc) is 3.36. The molecule has 0 fully saturated rings. The number of fused-ring (bicyclic) bond motifs is 3. The molecule has 3 aromatic rings. The Labute approximate surface area is 249 Å². The fourth-order valence-corrected chi connectivity index (χ4v) is 5.68. The van der Waals surface area contributed by atoms with Gasteiger partial charge in [-0.25, -0.2) is 0 Å². The van der Waals surface area contributed by atoms with Crippen LogP contribution >= 0.6 is 0 Å². The van der Waals surface area contributed by atoms with Crippen molar-refractivity contribution < 1.29 is 9.47 Å². The molecule has 3 aromatic carbocycles. The summed E-state index contributed by atoms with van der Waals surface area (Å²) < 4.78 is 12.5. The van der Waals surface area contributed by atoms with Gasteiger partial charge in [0.25, 0.3) is 0 Å². The Morgan fingerprint density at radius 1 is 0.610 bits per heavy atom. The van der Waals surface area contributed by atoms with Crippen molar-refractivity contribution in [1.29, 1.82) is 0 Å². The van der Waals surface area contributed by atoms with Crippen molar-refractivity contribution in [3.8, 4) is 22.6 Å². The van der Waals surface area contributed by atoms with E-state index in [9.17, 15) is 0 Å². The minimum absolute atomic E-state index is 0.759. The van der Waals surface area contributed by atoms with Crippen molar-refractivity contribution in [3.05, 3.63) is 89.0 Å². The van der Waals surface area contributed by atoms with Gasteiger partial charge in [0.05, 0.1) is 13.2 Å². The van der Waals surface area contributed by atoms with Crippen LogP contribution in [0.25, 0.3) is 29.4 Å². The maximum atomic E-state index is 6.29. The molecule has 0 atom stereocenters. The lowest BCUT2D eigenvalue weighted by Crippen LogP contribution is -2.01. The van der Waals surface area contributed by atoms with Crippen molar-refractivity contribution in [1.82, 2.24) is 0 Å². The third-order valence-corrected chi connectivity index (χ3v) is 8.12. The van der Waals surface area contributed by atoms with Crippen LogP contribution in [0.1, 0.15) is 119 Å². The molecular weight excluding hydrogens is 500 g/mol. The summed E-state index contributed by atoms with van der Waals surface area (Å²) >= 11 is 0. The number of hydrogen-bond acceptors (Lipinski definition) is 2. The molecule has 218 valence electrons. The first-order valence-electron chi connectivity index (χ1n) is 16.2. The molecule has 2 nitrogen and oxygen atoms in total. The van der Waals surface area contributed by atoms with Crippen LogP contribution in [0.2, 0.25) is 0 Å². The number of unbranched alkanes of at least 4 members (excludes halogenated alkanes) is 10. The summed E-state index contributed by atoms with van der Waals surface area (Å²) in [5, 5.41) is 0. The number of ether oxygens (including phenoxy) is 2. The minimum atomic E-state index is 0.759. The van der Waals surface area contributed by atoms with Crippen LogP contribution in [-0.4, -0.2) is 13.2 Å². The highest BCUT2D eigenvalue weighted by Crippen LogP contribution is 2.38. The van der Waals surface area contributed by atoms with Crippen molar-refractivity contribution in [2.24, 2.45) is 0 Å². The van der Waals surface area contributed by atoms with Crippen LogP contribution in [0.5, 0.6) is 11.5 Å². The fourth-order valence-electron chi connectivity index (χ4n) is 5.68. The number of rotatable bonds is 19. The highest BCUT2D eigenvalue weighted by atomic mass is 16.5. The summed E-state index contributed by atoms with van der Waals surface area (Å²) in [6.45, 7) is 9.98. The Morgan fingerprint density at radius 2 is 1.20 bits per heavy atom. The Hall–Kier alpha value is -3.26. The summed E-state index contributed by atoms with van der Waals surface area (Å²) in [7, 11) is 0. The molecule has 1 aliphatic carbocycles. The molecule has 0 aromatic heterocycles. The molecule has 0 heterocycles. The summed E-state index contributed by atoms with van der Waals surface area (Å²) in [5.74, 6) is 1.86. The third-order valence-electron chi connectivity index (χ3n) is 8.12. The highest BCUT2D eigenvalue weighted by molar-refractivity contribution is 5.81. The lowest BCUT2D eigenvalue weighted by Gasteiger charge is -2.12. The maximum Gasteiger partial charge on any atom is 0.126 e. The van der Waals surface area contributed by atoms with Gasteiger partial charge in [-0.3, -0.25) is 0 Å². The van der Waals surface area contributed by atoms with E-state index in [2.05, 4.69) is 87.2 Å². The van der Waals surface area contributed by atoms with Gasteiger partial charge in [0.2, 0.25) is 0 Å². The van der Waals surface area contributed by atoms with Gasteiger partial charge in [-0.2, -0.15) is 0 Å². The van der Waals surface area contributed by atoms with Gasteiger partial charge in [-0.05, 0) is 70.8 Å². The molecule has 1 aliphatic rings. The standard InChI is InChI=1S/C39H50O2/c1-4-7-9-11-13-15-25-40-36-21-24-39(41-26-16-14-12-10-8-5-2)33(30-36)20-17-32-19-23-38-35(28-32)29-34-27-31(6-3)18-22-37(34)38/h6,17-24,27-28,30H,3-5,7-16,25-26,29H2,1-2H3/b20-17+. The lowest BCUT2D eigenvalue weighted by atomic mass is 10.0. The van der Waals surface area contributed by atoms with Gasteiger partial charge in [-0.15, -0.1) is 0 Å². The number of hydrogen-bond donors (Lipinski definition) is 0. The van der Waals surface area contributed by atoms with Crippen LogP contribution < -0.4 is 9.47 Å². The molecule has 0 saturated heterocycles. The van der Waals surface area contributed by atoms with E-state index >= 15 is 0 Å². The Morgan fingerprint density at radius 3 is 1.85 bits per heavy atom. The van der Waals surface area contributed by atoms with Gasteiger partial charge in [0, 0.05) is 5.56 Å². The molecule has 0 saturated carbocycles. The van der Waals surface area contributed by atoms with E-state index in [1.807, 2.05) is 6.08 Å². The molecule has 2 heteroatoms. The molecule has 0 amide bonds. The van der Waals surface area contributed by atoms with Crippen LogP contribution in [0.3, 0.4) is 0 Å². The Kier molecular flexibility index (Phi) is 12.6. The second-order valence-electron chi connectivity index (χ2n) is 11.5. The van der Waals surface area contributed by atoms with Crippen LogP contribution in [0, 0.1) is 0 Å². The van der Waals surface area contributed by atoms with Gasteiger partial charge in [0.15, 0.2) is 0 Å². The maximum absolute atomic E-state index is 6.29. The van der Waals surface area contributed by atoms with E-state index in [4.69, 9.17) is 9.47 Å². The monoisotopic (exact) mass is 550 g/mol. The molecule has 0 aliphatic heterocycles. The van der Waals surface area contributed by atoms with E-state index in [0.29, 0.717) is 0 Å². The zero-order chi connectivity index (χ0) is 28.7. The van der Waals surface area contributed by atoms with Gasteiger partial charge < -0.3 is 9.47 Å². The van der Waals surface area contributed by atoms with Crippen LogP contribution in [0.4, 0.5) is 0 Å². The van der Waals surface area contributed by atoms with Crippen LogP contribution in [-0.2, 0) is 6.42 Å². The van der Waals surface area contributed by atoms with Gasteiger partial charge >= 0.3 is 0 Å². The first kappa shape index (κ1) is 30.7. The topological polar surface area (TPSA) is 18.5 Å². The smallest absolute Gasteiger partial charge is 0.126 e. The average molecular weight is 551 g/mol. The summed E-state index contributed by atoms with van der Waals surface area (Å²) in [5.41, 5.74) is 8.95. The molecule has 41 heavy (non-hydrogen) atoms. The van der Waals surface area contributed by atoms with Crippen LogP contribution in [0.15, 0.2) is 61.2 Å². The quantitative estimate of drug-likeness (QED) is 0.0853. The zero-order valence-corrected chi connectivity index (χ0v) is 25.6. The molecule has 0 unspecified atom stereocenters. The van der Waals surface area contributed by atoms with E-state index in [1.165, 1.54) is 97.6 Å².